The van der Waals surface area contributed by atoms with Gasteiger partial charge >= 0.3 is 12.1 Å². The van der Waals surface area contributed by atoms with Crippen LogP contribution in [0.4, 0.5) is 33.6 Å². The number of anilines is 2. The van der Waals surface area contributed by atoms with E-state index in [4.69, 9.17) is 4.98 Å². The van der Waals surface area contributed by atoms with E-state index in [1.807, 2.05) is 0 Å². The number of imidazole rings is 1. The Labute approximate surface area is 219 Å². The molecule has 0 bridgehead atoms. The van der Waals surface area contributed by atoms with Crippen molar-refractivity contribution in [3.05, 3.63) is 58.7 Å². The molecule has 4 heterocycles. The van der Waals surface area contributed by atoms with E-state index >= 15 is 0 Å². The van der Waals surface area contributed by atoms with Gasteiger partial charge in [0, 0.05) is 48.8 Å². The third-order valence-electron chi connectivity index (χ3n) is 6.80. The highest BCUT2D eigenvalue weighted by Crippen LogP contribution is 2.37. The molecule has 1 aliphatic heterocycles. The van der Waals surface area contributed by atoms with Crippen molar-refractivity contribution in [1.82, 2.24) is 19.4 Å². The van der Waals surface area contributed by atoms with Crippen LogP contribution in [0.15, 0.2) is 30.5 Å². The number of aryl methyl sites for hydroxylation is 2. The maximum absolute atomic E-state index is 13.9. The number of piperidine rings is 1. The molecular formula is C26H25F5N6O2. The summed E-state index contributed by atoms with van der Waals surface area (Å²) >= 11 is 0. The predicted molar refractivity (Wildman–Crippen MR) is 135 cm³/mol. The maximum Gasteiger partial charge on any atom is 0.434 e. The number of fused-ring (bicyclic) bond motifs is 3. The maximum atomic E-state index is 13.9. The zero-order valence-corrected chi connectivity index (χ0v) is 21.3. The minimum atomic E-state index is -4.72. The average molecular weight is 549 g/mol. The number of nitrogens with zero attached hydrogens (tertiary/aromatic N) is 5. The van der Waals surface area contributed by atoms with Crippen molar-refractivity contribution in [2.24, 2.45) is 0 Å². The summed E-state index contributed by atoms with van der Waals surface area (Å²) in [5.41, 5.74) is 1.11. The van der Waals surface area contributed by atoms with E-state index in [1.54, 1.807) is 49.9 Å². The molecule has 13 heteroatoms. The molecular weight excluding hydrogens is 523 g/mol. The van der Waals surface area contributed by atoms with Crippen LogP contribution in [-0.2, 0) is 6.18 Å². The number of alkyl halides is 5. The van der Waals surface area contributed by atoms with Crippen molar-refractivity contribution in [3.63, 3.8) is 0 Å². The zero-order chi connectivity index (χ0) is 28.3. The van der Waals surface area contributed by atoms with E-state index < -0.39 is 42.6 Å². The molecule has 5 rings (SSSR count). The smallest absolute Gasteiger partial charge is 0.434 e. The van der Waals surface area contributed by atoms with Crippen molar-refractivity contribution in [2.75, 3.05) is 23.3 Å². The molecule has 4 aromatic rings. The summed E-state index contributed by atoms with van der Waals surface area (Å²) in [5, 5.41) is 13.1. The second-order valence-electron chi connectivity index (χ2n) is 9.84. The number of aromatic nitrogens is 4. The zero-order valence-electron chi connectivity index (χ0n) is 21.3. The molecule has 0 unspecified atom stereocenters. The fourth-order valence-corrected chi connectivity index (χ4v) is 4.85. The summed E-state index contributed by atoms with van der Waals surface area (Å²) in [5.74, 6) is -4.00. The first-order valence-corrected chi connectivity index (χ1v) is 12.2. The van der Waals surface area contributed by atoms with Gasteiger partial charge < -0.3 is 15.3 Å². The Morgan fingerprint density at radius 3 is 2.44 bits per heavy atom. The van der Waals surface area contributed by atoms with Crippen molar-refractivity contribution in [3.8, 4) is 0 Å². The van der Waals surface area contributed by atoms with E-state index in [0.717, 1.165) is 11.8 Å². The number of carbonyl (C=O) groups is 1. The Morgan fingerprint density at radius 1 is 1.10 bits per heavy atom. The third kappa shape index (κ3) is 5.04. The lowest BCUT2D eigenvalue weighted by Crippen LogP contribution is -2.40. The van der Waals surface area contributed by atoms with Crippen LogP contribution in [0.1, 0.15) is 58.8 Å². The molecule has 0 amide bonds. The Balaban J connectivity index is 1.69. The molecule has 3 aromatic heterocycles. The van der Waals surface area contributed by atoms with Crippen LogP contribution in [0.25, 0.3) is 16.6 Å². The molecule has 0 radical (unpaired) electrons. The van der Waals surface area contributed by atoms with Gasteiger partial charge in [-0.2, -0.15) is 13.2 Å². The standard InChI is InChI=1S/C26H25F5N6O2/c1-13-10-16(15(3)33-18-5-4-14(2)32-21(18)23(38)39)20-17(11-13)22-34-19(26(29,30)31)12-37(22)24(35-20)36-8-6-25(27,28)7-9-36/h4-5,10-12,15,33H,6-9H2,1-3H3,(H,38,39)/t15-/m1/s1. The van der Waals surface area contributed by atoms with Crippen molar-refractivity contribution in [2.45, 2.75) is 51.8 Å². The molecule has 1 fully saturated rings. The number of rotatable bonds is 5. The van der Waals surface area contributed by atoms with Gasteiger partial charge in [0.05, 0.1) is 17.2 Å². The summed E-state index contributed by atoms with van der Waals surface area (Å²) in [6.45, 7) is 5.02. The lowest BCUT2D eigenvalue weighted by molar-refractivity contribution is -0.140. The van der Waals surface area contributed by atoms with Crippen molar-refractivity contribution in [1.29, 1.82) is 0 Å². The van der Waals surface area contributed by atoms with Gasteiger partial charge in [-0.15, -0.1) is 0 Å². The van der Waals surface area contributed by atoms with Gasteiger partial charge in [0.25, 0.3) is 5.92 Å². The third-order valence-corrected chi connectivity index (χ3v) is 6.80. The SMILES string of the molecule is Cc1cc([C@@H](C)Nc2ccc(C)nc2C(=O)O)c2nc(N3CCC(F)(F)CC3)n3cc(C(F)(F)F)nc3c2c1. The van der Waals surface area contributed by atoms with E-state index in [2.05, 4.69) is 15.3 Å². The van der Waals surface area contributed by atoms with Crippen LogP contribution < -0.4 is 10.2 Å². The van der Waals surface area contributed by atoms with Crippen LogP contribution in [0.5, 0.6) is 0 Å². The molecule has 8 nitrogen and oxygen atoms in total. The molecule has 0 aliphatic carbocycles. The van der Waals surface area contributed by atoms with Crippen LogP contribution in [0.3, 0.4) is 0 Å². The van der Waals surface area contributed by atoms with E-state index in [0.29, 0.717) is 22.2 Å². The first-order chi connectivity index (χ1) is 18.2. The van der Waals surface area contributed by atoms with Crippen molar-refractivity contribution >= 4 is 34.2 Å². The number of aromatic carboxylic acids is 1. The second kappa shape index (κ2) is 9.31. The summed E-state index contributed by atoms with van der Waals surface area (Å²) < 4.78 is 70.1. The van der Waals surface area contributed by atoms with Gasteiger partial charge in [0.2, 0.25) is 5.95 Å². The highest BCUT2D eigenvalue weighted by Gasteiger charge is 2.38. The Hall–Kier alpha value is -4.03. The van der Waals surface area contributed by atoms with Crippen LogP contribution in [0.2, 0.25) is 0 Å². The number of pyridine rings is 1. The minimum Gasteiger partial charge on any atom is -0.476 e. The Kier molecular flexibility index (Phi) is 6.34. The molecule has 2 N–H and O–H groups in total. The molecule has 1 aromatic carbocycles. The highest BCUT2D eigenvalue weighted by atomic mass is 19.4. The van der Waals surface area contributed by atoms with Gasteiger partial charge in [-0.25, -0.2) is 28.5 Å². The lowest BCUT2D eigenvalue weighted by atomic mass is 10.0. The summed E-state index contributed by atoms with van der Waals surface area (Å²) in [6.07, 6.45) is -4.79. The van der Waals surface area contributed by atoms with Gasteiger partial charge in [-0.05, 0) is 44.5 Å². The fourth-order valence-electron chi connectivity index (χ4n) is 4.85. The number of hydrogen-bond acceptors (Lipinski definition) is 6. The second-order valence-corrected chi connectivity index (χ2v) is 9.84. The van der Waals surface area contributed by atoms with Crippen LogP contribution in [-0.4, -0.2) is 49.4 Å². The normalized spacial score (nSPS) is 16.6. The predicted octanol–water partition coefficient (Wildman–Crippen LogP) is 6.02. The first kappa shape index (κ1) is 26.6. The quantitative estimate of drug-likeness (QED) is 0.295. The number of carboxylic acid groups (broad SMARTS) is 1. The number of hydrogen-bond donors (Lipinski definition) is 2. The van der Waals surface area contributed by atoms with Gasteiger partial charge in [-0.3, -0.25) is 4.40 Å². The molecule has 0 saturated carbocycles. The number of carboxylic acids is 1. The summed E-state index contributed by atoms with van der Waals surface area (Å²) in [7, 11) is 0. The topological polar surface area (TPSA) is 95.6 Å². The van der Waals surface area contributed by atoms with Gasteiger partial charge in [0.1, 0.15) is 5.65 Å². The van der Waals surface area contributed by atoms with Gasteiger partial charge in [-0.1, -0.05) is 6.07 Å². The van der Waals surface area contributed by atoms with E-state index in [-0.39, 0.29) is 36.1 Å². The Bertz CT molecular complexity index is 1590. The molecule has 1 aliphatic rings. The molecule has 206 valence electrons. The summed E-state index contributed by atoms with van der Waals surface area (Å²) in [6, 6.07) is 6.17. The molecule has 1 atom stereocenters. The summed E-state index contributed by atoms with van der Waals surface area (Å²) in [4.78, 5) is 26.0. The minimum absolute atomic E-state index is 0.0000336. The number of nitrogens with one attached hydrogen (secondary N) is 1. The lowest BCUT2D eigenvalue weighted by Gasteiger charge is -2.33. The fraction of sp³-hybridized carbons (Fsp3) is 0.385. The number of benzene rings is 1. The van der Waals surface area contributed by atoms with E-state index in [1.165, 1.54) is 4.40 Å². The van der Waals surface area contributed by atoms with Crippen molar-refractivity contribution < 1.29 is 31.9 Å². The number of halogens is 5. The monoisotopic (exact) mass is 548 g/mol. The molecule has 0 spiro atoms. The van der Waals surface area contributed by atoms with Gasteiger partial charge in [0.15, 0.2) is 11.4 Å². The average Bonchev–Trinajstić information content (AvgIpc) is 3.31. The molecule has 39 heavy (non-hydrogen) atoms. The van der Waals surface area contributed by atoms with Crippen LogP contribution >= 0.6 is 0 Å². The van der Waals surface area contributed by atoms with E-state index in [9.17, 15) is 31.9 Å². The largest absolute Gasteiger partial charge is 0.476 e. The Morgan fingerprint density at radius 2 is 1.79 bits per heavy atom. The molecule has 1 saturated heterocycles. The highest BCUT2D eigenvalue weighted by molar-refractivity contribution is 5.96. The first-order valence-electron chi connectivity index (χ1n) is 12.2. The van der Waals surface area contributed by atoms with Crippen LogP contribution in [0, 0.1) is 13.8 Å².